The third kappa shape index (κ3) is 3.20. The number of nitrogens with zero attached hydrogens (tertiary/aromatic N) is 4. The number of benzene rings is 2. The summed E-state index contributed by atoms with van der Waals surface area (Å²) in [5, 5.41) is 4.12. The van der Waals surface area contributed by atoms with E-state index in [9.17, 15) is 8.42 Å². The Kier molecular flexibility index (Phi) is 4.20. The quantitative estimate of drug-likeness (QED) is 0.696. The summed E-state index contributed by atoms with van der Waals surface area (Å²) in [7, 11) is 0.717. The fourth-order valence-corrected chi connectivity index (χ4v) is 4.10. The van der Waals surface area contributed by atoms with Crippen LogP contribution in [0, 0.1) is 0 Å². The van der Waals surface area contributed by atoms with E-state index in [2.05, 4.69) is 15.0 Å². The maximum Gasteiger partial charge on any atom is 0.175 e. The summed E-state index contributed by atoms with van der Waals surface area (Å²) in [6.07, 6.45) is 6.63. The fraction of sp³-hybridized carbons (Fsp3) is 0.200. The number of sulfone groups is 1. The summed E-state index contributed by atoms with van der Waals surface area (Å²) in [4.78, 5) is 9.06. The molecule has 2 aromatic carbocycles. The van der Waals surface area contributed by atoms with Crippen LogP contribution in [0.2, 0.25) is 0 Å². The van der Waals surface area contributed by atoms with Crippen LogP contribution in [-0.4, -0.2) is 48.8 Å². The summed E-state index contributed by atoms with van der Waals surface area (Å²) in [5.41, 5.74) is 4.68. The number of rotatable bonds is 3. The molecule has 4 rings (SSSR count). The maximum atomic E-state index is 12.0. The van der Waals surface area contributed by atoms with E-state index in [1.165, 1.54) is 6.26 Å². The van der Waals surface area contributed by atoms with Gasteiger partial charge in [0.15, 0.2) is 9.84 Å². The molecule has 0 spiro atoms. The normalized spacial score (nSPS) is 18.1. The van der Waals surface area contributed by atoms with Gasteiger partial charge in [-0.3, -0.25) is 9.97 Å². The molecule has 1 unspecified atom stereocenters. The number of likely N-dealkylation sites (N-methyl/N-ethyl adjacent to an activating group) is 1. The minimum atomic E-state index is -3.27. The summed E-state index contributed by atoms with van der Waals surface area (Å²) in [5.74, 6) is 0. The molecule has 2 heterocycles. The Morgan fingerprint density at radius 2 is 1.70 bits per heavy atom. The highest BCUT2D eigenvalue weighted by molar-refractivity contribution is 7.90. The molecule has 0 bridgehead atoms. The van der Waals surface area contributed by atoms with Gasteiger partial charge in [0.25, 0.3) is 0 Å². The Morgan fingerprint density at radius 1 is 0.963 bits per heavy atom. The van der Waals surface area contributed by atoms with Crippen molar-refractivity contribution in [1.29, 1.82) is 0 Å². The predicted octanol–water partition coefficient (Wildman–Crippen LogP) is 2.91. The largest absolute Gasteiger partial charge is 0.315 e. The van der Waals surface area contributed by atoms with Gasteiger partial charge >= 0.3 is 0 Å². The minimum absolute atomic E-state index is 0.0452. The molecule has 0 radical (unpaired) electrons. The lowest BCUT2D eigenvalue weighted by atomic mass is 9.94. The zero-order valence-electron chi connectivity index (χ0n) is 15.4. The van der Waals surface area contributed by atoms with Crippen LogP contribution < -0.4 is 0 Å². The Morgan fingerprint density at radius 3 is 2.44 bits per heavy atom. The number of aromatic nitrogens is 2. The average Bonchev–Trinajstić information content (AvgIpc) is 2.96. The van der Waals surface area contributed by atoms with Crippen molar-refractivity contribution in [2.24, 2.45) is 0 Å². The molecule has 0 N–H and O–H groups in total. The highest BCUT2D eigenvalue weighted by Gasteiger charge is 2.31. The summed E-state index contributed by atoms with van der Waals surface area (Å²) >= 11 is 0. The van der Waals surface area contributed by atoms with Crippen molar-refractivity contribution in [2.75, 3.05) is 20.4 Å². The smallest absolute Gasteiger partial charge is 0.175 e. The van der Waals surface area contributed by atoms with Crippen LogP contribution in [0.4, 0.5) is 0 Å². The van der Waals surface area contributed by atoms with Gasteiger partial charge in [-0.1, -0.05) is 18.2 Å². The lowest BCUT2D eigenvalue weighted by molar-refractivity contribution is 0.0753. The lowest BCUT2D eigenvalue weighted by Gasteiger charge is -2.28. The van der Waals surface area contributed by atoms with E-state index in [-0.39, 0.29) is 6.04 Å². The van der Waals surface area contributed by atoms with E-state index in [4.69, 9.17) is 0 Å². The lowest BCUT2D eigenvalue weighted by Crippen LogP contribution is -2.30. The second-order valence-corrected chi connectivity index (χ2v) is 8.75. The van der Waals surface area contributed by atoms with E-state index in [0.29, 0.717) is 4.90 Å². The van der Waals surface area contributed by atoms with Crippen LogP contribution >= 0.6 is 0 Å². The molecule has 0 amide bonds. The molecule has 1 atom stereocenters. The number of hydrogen-bond donors (Lipinski definition) is 0. The van der Waals surface area contributed by atoms with Gasteiger partial charge in [0, 0.05) is 44.5 Å². The predicted molar refractivity (Wildman–Crippen MR) is 105 cm³/mol. The standard InChI is InChI=1S/C20H20N4O2S/c1-23-13-17(14-5-4-6-16(11-14)27(3,25)26)20(24(23)2)15-7-8-18-19(12-15)22-10-9-21-18/h4-13,20H,1-3H3. The van der Waals surface area contributed by atoms with Gasteiger partial charge in [-0.2, -0.15) is 0 Å². The molecule has 1 aromatic heterocycles. The molecule has 1 aliphatic rings. The monoisotopic (exact) mass is 380 g/mol. The van der Waals surface area contributed by atoms with Crippen molar-refractivity contribution in [3.8, 4) is 0 Å². The van der Waals surface area contributed by atoms with Crippen LogP contribution in [0.5, 0.6) is 0 Å². The number of hydrazine groups is 1. The first kappa shape index (κ1) is 17.6. The Bertz CT molecular complexity index is 1160. The Balaban J connectivity index is 1.82. The van der Waals surface area contributed by atoms with E-state index in [1.54, 1.807) is 30.6 Å². The zero-order chi connectivity index (χ0) is 19.2. The van der Waals surface area contributed by atoms with Crippen LogP contribution in [-0.2, 0) is 9.84 Å². The minimum Gasteiger partial charge on any atom is -0.315 e. The Labute approximate surface area is 158 Å². The van der Waals surface area contributed by atoms with Crippen LogP contribution in [0.15, 0.2) is 66.0 Å². The van der Waals surface area contributed by atoms with Gasteiger partial charge in [-0.25, -0.2) is 13.4 Å². The third-order valence-corrected chi connectivity index (χ3v) is 6.01. The molecule has 1 aliphatic heterocycles. The SMILES string of the molecule is CN1C=C(c2cccc(S(C)(=O)=O)c2)C(c2ccc3nccnc3c2)N1C. The molecular formula is C20H20N4O2S. The molecule has 3 aromatic rings. The second kappa shape index (κ2) is 6.44. The molecule has 0 aliphatic carbocycles. The number of hydrogen-bond acceptors (Lipinski definition) is 6. The molecule has 27 heavy (non-hydrogen) atoms. The first-order valence-electron chi connectivity index (χ1n) is 8.53. The molecule has 0 saturated carbocycles. The van der Waals surface area contributed by atoms with E-state index in [1.807, 2.05) is 49.6 Å². The molecule has 0 saturated heterocycles. The first-order chi connectivity index (χ1) is 12.8. The van der Waals surface area contributed by atoms with Crippen LogP contribution in [0.3, 0.4) is 0 Å². The van der Waals surface area contributed by atoms with Crippen molar-refractivity contribution in [1.82, 2.24) is 20.0 Å². The molecule has 7 heteroatoms. The van der Waals surface area contributed by atoms with E-state index in [0.717, 1.165) is 27.7 Å². The summed E-state index contributed by atoms with van der Waals surface area (Å²) in [6, 6.07) is 13.1. The molecule has 6 nitrogen and oxygen atoms in total. The van der Waals surface area contributed by atoms with Crippen molar-refractivity contribution in [3.63, 3.8) is 0 Å². The molecular weight excluding hydrogens is 360 g/mol. The highest BCUT2D eigenvalue weighted by atomic mass is 32.2. The van der Waals surface area contributed by atoms with E-state index >= 15 is 0 Å². The number of fused-ring (bicyclic) bond motifs is 1. The van der Waals surface area contributed by atoms with Crippen molar-refractivity contribution in [2.45, 2.75) is 10.9 Å². The third-order valence-electron chi connectivity index (χ3n) is 4.90. The van der Waals surface area contributed by atoms with Crippen molar-refractivity contribution >= 4 is 26.4 Å². The molecule has 0 fully saturated rings. The maximum absolute atomic E-state index is 12.0. The van der Waals surface area contributed by atoms with Gasteiger partial charge in [-0.15, -0.1) is 0 Å². The topological polar surface area (TPSA) is 66.4 Å². The van der Waals surface area contributed by atoms with Gasteiger partial charge in [0.05, 0.1) is 22.0 Å². The van der Waals surface area contributed by atoms with Gasteiger partial charge in [-0.05, 0) is 35.4 Å². The summed E-state index contributed by atoms with van der Waals surface area (Å²) < 4.78 is 23.9. The fourth-order valence-electron chi connectivity index (χ4n) is 3.43. The Hall–Kier alpha value is -2.77. The van der Waals surface area contributed by atoms with Gasteiger partial charge < -0.3 is 5.01 Å². The zero-order valence-corrected chi connectivity index (χ0v) is 16.2. The van der Waals surface area contributed by atoms with E-state index < -0.39 is 9.84 Å². The highest BCUT2D eigenvalue weighted by Crippen LogP contribution is 2.40. The van der Waals surface area contributed by atoms with Crippen molar-refractivity contribution < 1.29 is 8.42 Å². The average molecular weight is 380 g/mol. The summed E-state index contributed by atoms with van der Waals surface area (Å²) in [6.45, 7) is 0. The van der Waals surface area contributed by atoms with Gasteiger partial charge in [0.2, 0.25) is 0 Å². The van der Waals surface area contributed by atoms with Crippen molar-refractivity contribution in [3.05, 3.63) is 72.2 Å². The second-order valence-electron chi connectivity index (χ2n) is 6.74. The first-order valence-corrected chi connectivity index (χ1v) is 10.4. The molecule has 138 valence electrons. The van der Waals surface area contributed by atoms with Crippen LogP contribution in [0.1, 0.15) is 17.2 Å². The van der Waals surface area contributed by atoms with Gasteiger partial charge in [0.1, 0.15) is 0 Å². The van der Waals surface area contributed by atoms with Crippen LogP contribution in [0.25, 0.3) is 16.6 Å².